The van der Waals surface area contributed by atoms with Gasteiger partial charge in [0.2, 0.25) is 11.8 Å². The second-order valence-electron chi connectivity index (χ2n) is 9.03. The number of aryl methyl sites for hydroxylation is 1. The molecule has 0 saturated carbocycles. The number of rotatable bonds is 7. The molecule has 0 spiro atoms. The van der Waals surface area contributed by atoms with Gasteiger partial charge in [0.05, 0.1) is 0 Å². The van der Waals surface area contributed by atoms with Gasteiger partial charge in [0.1, 0.15) is 11.2 Å². The number of benzene rings is 2. The first kappa shape index (κ1) is 24.8. The number of nitrogens with zero attached hydrogens (tertiary/aromatic N) is 1. The minimum atomic E-state index is -1.21. The Balaban J connectivity index is 0.00000306. The van der Waals surface area contributed by atoms with Crippen molar-refractivity contribution in [1.29, 1.82) is 0 Å². The van der Waals surface area contributed by atoms with Gasteiger partial charge >= 0.3 is 0 Å². The number of aromatic nitrogens is 1. The molecule has 1 fully saturated rings. The molecule has 1 atom stereocenters. The van der Waals surface area contributed by atoms with Crippen molar-refractivity contribution in [2.24, 2.45) is 11.1 Å². The van der Waals surface area contributed by atoms with Crippen LogP contribution in [0.2, 0.25) is 0 Å². The zero-order chi connectivity index (χ0) is 22.7. The predicted molar refractivity (Wildman–Crippen MR) is 131 cm³/mol. The van der Waals surface area contributed by atoms with E-state index in [-0.39, 0.29) is 24.1 Å². The summed E-state index contributed by atoms with van der Waals surface area (Å²) in [6.45, 7) is 2.83. The number of primary amides is 1. The molecule has 1 aromatic heterocycles. The summed E-state index contributed by atoms with van der Waals surface area (Å²) in [5, 5.41) is 1.17. The van der Waals surface area contributed by atoms with Gasteiger partial charge in [-0.2, -0.15) is 0 Å². The number of aromatic amines is 1. The number of amides is 2. The van der Waals surface area contributed by atoms with E-state index in [1.807, 2.05) is 36.5 Å². The van der Waals surface area contributed by atoms with Crippen molar-refractivity contribution in [3.8, 4) is 0 Å². The topological polar surface area (TPSA) is 79.2 Å². The van der Waals surface area contributed by atoms with Gasteiger partial charge in [-0.15, -0.1) is 12.4 Å². The third-order valence-corrected chi connectivity index (χ3v) is 6.94. The maximum absolute atomic E-state index is 13.3. The molecule has 3 aromatic rings. The first-order chi connectivity index (χ1) is 15.4. The lowest BCUT2D eigenvalue weighted by Gasteiger charge is -2.37. The second-order valence-corrected chi connectivity index (χ2v) is 9.03. The fourth-order valence-electron chi connectivity index (χ4n) is 4.81. The smallest absolute Gasteiger partial charge is 0.237 e. The van der Waals surface area contributed by atoms with Crippen molar-refractivity contribution in [2.75, 3.05) is 13.1 Å². The molecule has 4 rings (SSSR count). The maximum atomic E-state index is 13.3. The molecule has 2 heterocycles. The van der Waals surface area contributed by atoms with Gasteiger partial charge in [-0.25, -0.2) is 4.39 Å². The third-order valence-electron chi connectivity index (χ3n) is 6.94. The Labute approximate surface area is 199 Å². The van der Waals surface area contributed by atoms with Gasteiger partial charge in [-0.1, -0.05) is 30.3 Å². The molecule has 0 bridgehead atoms. The van der Waals surface area contributed by atoms with Gasteiger partial charge in [0, 0.05) is 30.2 Å². The lowest BCUT2D eigenvalue weighted by molar-refractivity contribution is -0.149. The van der Waals surface area contributed by atoms with Crippen LogP contribution in [0, 0.1) is 11.2 Å². The van der Waals surface area contributed by atoms with E-state index in [0.29, 0.717) is 31.8 Å². The van der Waals surface area contributed by atoms with E-state index < -0.39 is 11.3 Å². The highest BCUT2D eigenvalue weighted by atomic mass is 35.5. The number of piperidine rings is 1. The number of carbonyl (C=O) groups excluding carboxylic acids is 2. The number of carbonyl (C=O) groups is 2. The maximum Gasteiger partial charge on any atom is 0.237 e. The molecule has 176 valence electrons. The Morgan fingerprint density at radius 2 is 1.79 bits per heavy atom. The summed E-state index contributed by atoms with van der Waals surface area (Å²) in [5.74, 6) is -0.698. The van der Waals surface area contributed by atoms with Crippen LogP contribution in [0.25, 0.3) is 10.9 Å². The molecule has 33 heavy (non-hydrogen) atoms. The second kappa shape index (κ2) is 10.4. The Kier molecular flexibility index (Phi) is 7.80. The minimum Gasteiger partial charge on any atom is -0.369 e. The van der Waals surface area contributed by atoms with Gasteiger partial charge in [0.25, 0.3) is 0 Å². The zero-order valence-corrected chi connectivity index (χ0v) is 19.7. The van der Waals surface area contributed by atoms with Crippen LogP contribution in [0.4, 0.5) is 4.39 Å². The highest BCUT2D eigenvalue weighted by molar-refractivity contribution is 6.04. The van der Waals surface area contributed by atoms with E-state index in [1.165, 1.54) is 23.1 Å². The largest absolute Gasteiger partial charge is 0.369 e. The van der Waals surface area contributed by atoms with Crippen LogP contribution in [0.1, 0.15) is 49.7 Å². The fraction of sp³-hybridized carbons (Fsp3) is 0.385. The van der Waals surface area contributed by atoms with Crippen molar-refractivity contribution in [2.45, 2.75) is 44.9 Å². The normalized spacial score (nSPS) is 16.2. The molecule has 5 nitrogen and oxygen atoms in total. The SMILES string of the molecule is CC(CCCc1c[nH]c2ccccc12)(C(N)=O)C(=O)N1CCC(c2ccc(F)cc2)CC1.Cl. The van der Waals surface area contributed by atoms with Gasteiger partial charge in [0.15, 0.2) is 0 Å². The first-order valence-electron chi connectivity index (χ1n) is 11.3. The summed E-state index contributed by atoms with van der Waals surface area (Å²) in [4.78, 5) is 30.7. The summed E-state index contributed by atoms with van der Waals surface area (Å²) >= 11 is 0. The molecular weight excluding hydrogens is 441 g/mol. The van der Waals surface area contributed by atoms with E-state index >= 15 is 0 Å². The van der Waals surface area contributed by atoms with Gasteiger partial charge in [-0.3, -0.25) is 9.59 Å². The van der Waals surface area contributed by atoms with E-state index in [2.05, 4.69) is 11.1 Å². The number of nitrogens with one attached hydrogen (secondary N) is 1. The van der Waals surface area contributed by atoms with Crippen LogP contribution in [-0.4, -0.2) is 34.8 Å². The average molecular weight is 472 g/mol. The Hall–Kier alpha value is -2.86. The highest BCUT2D eigenvalue weighted by Gasteiger charge is 2.42. The molecule has 1 unspecified atom stereocenters. The van der Waals surface area contributed by atoms with E-state index in [9.17, 15) is 14.0 Å². The fourth-order valence-corrected chi connectivity index (χ4v) is 4.81. The molecule has 7 heteroatoms. The number of H-pyrrole nitrogens is 1. The quantitative estimate of drug-likeness (QED) is 0.478. The molecule has 2 aromatic carbocycles. The number of hydrogen-bond donors (Lipinski definition) is 2. The first-order valence-corrected chi connectivity index (χ1v) is 11.3. The molecule has 2 amide bonds. The van der Waals surface area contributed by atoms with E-state index in [4.69, 9.17) is 5.73 Å². The van der Waals surface area contributed by atoms with Crippen molar-refractivity contribution >= 4 is 35.1 Å². The third kappa shape index (κ3) is 5.22. The Morgan fingerprint density at radius 3 is 2.45 bits per heavy atom. The highest BCUT2D eigenvalue weighted by Crippen LogP contribution is 2.33. The number of halogens is 2. The monoisotopic (exact) mass is 471 g/mol. The van der Waals surface area contributed by atoms with E-state index in [0.717, 1.165) is 30.3 Å². The molecule has 3 N–H and O–H groups in total. The number of nitrogens with two attached hydrogens (primary N) is 1. The zero-order valence-electron chi connectivity index (χ0n) is 18.9. The molecule has 1 aliphatic heterocycles. The Morgan fingerprint density at radius 1 is 1.12 bits per heavy atom. The van der Waals surface area contributed by atoms with Crippen LogP contribution in [0.5, 0.6) is 0 Å². The predicted octanol–water partition coefficient (Wildman–Crippen LogP) is 4.95. The summed E-state index contributed by atoms with van der Waals surface area (Å²) in [6, 6.07) is 14.7. The summed E-state index contributed by atoms with van der Waals surface area (Å²) in [7, 11) is 0. The standard InChI is InChI=1S/C26H30FN3O2.ClH/c1-26(24(28)31,14-4-5-20-17-29-23-7-3-2-6-22(20)23)25(32)30-15-12-19(13-16-30)18-8-10-21(27)11-9-18;/h2-3,6-11,17,19,29H,4-5,12-16H2,1H3,(H2,28,31);1H. The summed E-state index contributed by atoms with van der Waals surface area (Å²) in [6.07, 6.45) is 5.46. The summed E-state index contributed by atoms with van der Waals surface area (Å²) < 4.78 is 13.2. The van der Waals surface area contributed by atoms with Crippen LogP contribution < -0.4 is 5.73 Å². The van der Waals surface area contributed by atoms with Crippen molar-refractivity contribution < 1.29 is 14.0 Å². The van der Waals surface area contributed by atoms with Crippen molar-refractivity contribution in [3.05, 3.63) is 71.7 Å². The van der Waals surface area contributed by atoms with Crippen molar-refractivity contribution in [1.82, 2.24) is 9.88 Å². The number of para-hydroxylation sites is 1. The van der Waals surface area contributed by atoms with Crippen molar-refractivity contribution in [3.63, 3.8) is 0 Å². The number of fused-ring (bicyclic) bond motifs is 1. The summed E-state index contributed by atoms with van der Waals surface area (Å²) in [5.41, 5.74) is 7.88. The molecule has 0 aliphatic carbocycles. The number of hydrogen-bond acceptors (Lipinski definition) is 2. The molecular formula is C26H31ClFN3O2. The lowest BCUT2D eigenvalue weighted by Crippen LogP contribution is -2.51. The lowest BCUT2D eigenvalue weighted by atomic mass is 9.80. The van der Waals surface area contributed by atoms with Gasteiger partial charge < -0.3 is 15.6 Å². The molecule has 1 saturated heterocycles. The molecule has 0 radical (unpaired) electrons. The van der Waals surface area contributed by atoms with Crippen LogP contribution in [0.15, 0.2) is 54.7 Å². The number of likely N-dealkylation sites (tertiary alicyclic amines) is 1. The van der Waals surface area contributed by atoms with Gasteiger partial charge in [-0.05, 0) is 74.3 Å². The van der Waals surface area contributed by atoms with Crippen LogP contribution >= 0.6 is 12.4 Å². The average Bonchev–Trinajstić information content (AvgIpc) is 3.22. The Bertz CT molecular complexity index is 1110. The minimum absolute atomic E-state index is 0. The van der Waals surface area contributed by atoms with E-state index in [1.54, 1.807) is 11.8 Å². The molecule has 1 aliphatic rings. The van der Waals surface area contributed by atoms with Crippen LogP contribution in [0.3, 0.4) is 0 Å². The van der Waals surface area contributed by atoms with Crippen LogP contribution in [-0.2, 0) is 16.0 Å².